The molecule has 1 saturated heterocycles. The smallest absolute Gasteiger partial charge is 0.275 e. The maximum atomic E-state index is 12.9. The molecule has 0 unspecified atom stereocenters. The summed E-state index contributed by atoms with van der Waals surface area (Å²) in [6.07, 6.45) is 1.81. The summed E-state index contributed by atoms with van der Waals surface area (Å²) in [5.74, 6) is -0.0110. The molecular formula is C22H23BrN4O. The summed E-state index contributed by atoms with van der Waals surface area (Å²) in [5, 5.41) is 4.30. The number of halogens is 1. The highest BCUT2D eigenvalue weighted by Crippen LogP contribution is 2.29. The summed E-state index contributed by atoms with van der Waals surface area (Å²) in [6.45, 7) is 3.03. The third kappa shape index (κ3) is 3.88. The Morgan fingerprint density at radius 3 is 1.93 bits per heavy atom. The molecule has 2 aromatic carbocycles. The minimum absolute atomic E-state index is 0.0110. The number of carbonyl (C=O) groups excluding carboxylic acids is 1. The van der Waals surface area contributed by atoms with Crippen molar-refractivity contribution in [1.29, 1.82) is 0 Å². The van der Waals surface area contributed by atoms with Gasteiger partial charge in [-0.15, -0.1) is 0 Å². The molecule has 0 bridgehead atoms. The lowest BCUT2D eigenvalue weighted by molar-refractivity contribution is 0.0590. The second kappa shape index (κ2) is 8.29. The number of amides is 1. The lowest BCUT2D eigenvalue weighted by Gasteiger charge is -2.39. The van der Waals surface area contributed by atoms with E-state index in [1.165, 1.54) is 11.1 Å². The van der Waals surface area contributed by atoms with Crippen LogP contribution < -0.4 is 0 Å². The van der Waals surface area contributed by atoms with Crippen LogP contribution in [0.25, 0.3) is 0 Å². The first-order valence-corrected chi connectivity index (χ1v) is 10.2. The summed E-state index contributed by atoms with van der Waals surface area (Å²) in [4.78, 5) is 17.2. The number of piperazine rings is 1. The minimum Gasteiger partial charge on any atom is -0.335 e. The Kier molecular flexibility index (Phi) is 5.59. The predicted molar refractivity (Wildman–Crippen MR) is 113 cm³/mol. The van der Waals surface area contributed by atoms with Crippen LogP contribution in [-0.4, -0.2) is 51.7 Å². The molecule has 3 aromatic rings. The van der Waals surface area contributed by atoms with Crippen LogP contribution in [0.4, 0.5) is 0 Å². The highest BCUT2D eigenvalue weighted by molar-refractivity contribution is 9.10. The molecule has 0 spiro atoms. The molecule has 0 atom stereocenters. The minimum atomic E-state index is -0.0110. The van der Waals surface area contributed by atoms with E-state index >= 15 is 0 Å². The number of carbonyl (C=O) groups is 1. The van der Waals surface area contributed by atoms with E-state index < -0.39 is 0 Å². The first-order valence-electron chi connectivity index (χ1n) is 9.46. The Morgan fingerprint density at radius 2 is 1.46 bits per heavy atom. The van der Waals surface area contributed by atoms with Crippen LogP contribution in [0, 0.1) is 0 Å². The van der Waals surface area contributed by atoms with Crippen LogP contribution in [0.1, 0.15) is 27.7 Å². The molecule has 0 aliphatic carbocycles. The SMILES string of the molecule is Cn1cc(Br)c(C(=O)N2CCN(C(c3ccccc3)c3ccccc3)CC2)n1. The Hall–Kier alpha value is -2.44. The molecule has 1 aliphatic heterocycles. The topological polar surface area (TPSA) is 41.4 Å². The van der Waals surface area contributed by atoms with Gasteiger partial charge in [0.15, 0.2) is 5.69 Å². The molecule has 1 fully saturated rings. The molecule has 1 aliphatic rings. The second-order valence-corrected chi connectivity index (χ2v) is 7.91. The quantitative estimate of drug-likeness (QED) is 0.622. The third-order valence-electron chi connectivity index (χ3n) is 5.18. The summed E-state index contributed by atoms with van der Waals surface area (Å²) in [5.41, 5.74) is 3.04. The van der Waals surface area contributed by atoms with E-state index in [2.05, 4.69) is 74.5 Å². The molecule has 4 rings (SSSR count). The first-order chi connectivity index (χ1) is 13.6. The normalized spacial score (nSPS) is 15.2. The van der Waals surface area contributed by atoms with Crippen LogP contribution in [0.15, 0.2) is 71.3 Å². The van der Waals surface area contributed by atoms with Crippen molar-refractivity contribution in [2.24, 2.45) is 7.05 Å². The summed E-state index contributed by atoms with van der Waals surface area (Å²) in [7, 11) is 1.82. The average molecular weight is 439 g/mol. The molecule has 28 heavy (non-hydrogen) atoms. The molecule has 0 radical (unpaired) electrons. The predicted octanol–water partition coefficient (Wildman–Crippen LogP) is 3.73. The van der Waals surface area contributed by atoms with Gasteiger partial charge in [0.2, 0.25) is 0 Å². The van der Waals surface area contributed by atoms with Gasteiger partial charge in [-0.1, -0.05) is 60.7 Å². The highest BCUT2D eigenvalue weighted by Gasteiger charge is 2.30. The molecule has 1 amide bonds. The van der Waals surface area contributed by atoms with Gasteiger partial charge in [-0.25, -0.2) is 0 Å². The Labute approximate surface area is 173 Å². The third-order valence-corrected chi connectivity index (χ3v) is 5.76. The first kappa shape index (κ1) is 18.9. The number of aryl methyl sites for hydroxylation is 1. The summed E-state index contributed by atoms with van der Waals surface area (Å²) >= 11 is 3.44. The molecule has 144 valence electrons. The highest BCUT2D eigenvalue weighted by atomic mass is 79.9. The number of aromatic nitrogens is 2. The molecule has 0 saturated carbocycles. The fourth-order valence-corrected chi connectivity index (χ4v) is 4.37. The molecular weight excluding hydrogens is 416 g/mol. The van der Waals surface area contributed by atoms with Gasteiger partial charge in [0.25, 0.3) is 5.91 Å². The number of nitrogens with zero attached hydrogens (tertiary/aromatic N) is 4. The Bertz CT molecular complexity index is 894. The van der Waals surface area contributed by atoms with E-state index in [0.29, 0.717) is 18.8 Å². The molecule has 0 N–H and O–H groups in total. The zero-order valence-electron chi connectivity index (χ0n) is 15.8. The lowest BCUT2D eigenvalue weighted by atomic mass is 9.96. The van der Waals surface area contributed by atoms with Crippen LogP contribution >= 0.6 is 15.9 Å². The van der Waals surface area contributed by atoms with Crippen molar-refractivity contribution >= 4 is 21.8 Å². The maximum Gasteiger partial charge on any atom is 0.275 e. The van der Waals surface area contributed by atoms with Gasteiger partial charge in [-0.05, 0) is 27.1 Å². The molecule has 1 aromatic heterocycles. The van der Waals surface area contributed by atoms with Crippen molar-refractivity contribution in [3.05, 3.63) is 88.2 Å². The summed E-state index contributed by atoms with van der Waals surface area (Å²) in [6, 6.07) is 21.4. The van der Waals surface area contributed by atoms with Crippen LogP contribution in [-0.2, 0) is 7.05 Å². The van der Waals surface area contributed by atoms with E-state index in [-0.39, 0.29) is 11.9 Å². The largest absolute Gasteiger partial charge is 0.335 e. The van der Waals surface area contributed by atoms with Gasteiger partial charge >= 0.3 is 0 Å². The van der Waals surface area contributed by atoms with Crippen molar-refractivity contribution in [1.82, 2.24) is 19.6 Å². The van der Waals surface area contributed by atoms with Gasteiger partial charge < -0.3 is 4.90 Å². The van der Waals surface area contributed by atoms with E-state index in [1.54, 1.807) is 4.68 Å². The fraction of sp³-hybridized carbons (Fsp3) is 0.273. The second-order valence-electron chi connectivity index (χ2n) is 7.05. The summed E-state index contributed by atoms with van der Waals surface area (Å²) < 4.78 is 2.41. The van der Waals surface area contributed by atoms with Crippen LogP contribution in [0.2, 0.25) is 0 Å². The van der Waals surface area contributed by atoms with Gasteiger partial charge in [-0.3, -0.25) is 14.4 Å². The van der Waals surface area contributed by atoms with Crippen molar-refractivity contribution in [3.63, 3.8) is 0 Å². The van der Waals surface area contributed by atoms with Gasteiger partial charge in [0.1, 0.15) is 0 Å². The van der Waals surface area contributed by atoms with Gasteiger partial charge in [-0.2, -0.15) is 5.10 Å². The maximum absolute atomic E-state index is 12.9. The van der Waals surface area contributed by atoms with E-state index in [9.17, 15) is 4.79 Å². The molecule has 2 heterocycles. The van der Waals surface area contributed by atoms with Crippen molar-refractivity contribution < 1.29 is 4.79 Å². The number of benzene rings is 2. The van der Waals surface area contributed by atoms with Crippen LogP contribution in [0.3, 0.4) is 0 Å². The van der Waals surface area contributed by atoms with Crippen molar-refractivity contribution in [2.75, 3.05) is 26.2 Å². The van der Waals surface area contributed by atoms with E-state index in [4.69, 9.17) is 0 Å². The number of hydrogen-bond donors (Lipinski definition) is 0. The Morgan fingerprint density at radius 1 is 0.929 bits per heavy atom. The van der Waals surface area contributed by atoms with Gasteiger partial charge in [0.05, 0.1) is 10.5 Å². The van der Waals surface area contributed by atoms with E-state index in [1.807, 2.05) is 30.3 Å². The molecule has 6 heteroatoms. The zero-order chi connectivity index (χ0) is 19.5. The fourth-order valence-electron chi connectivity index (χ4n) is 3.82. The standard InChI is InChI=1S/C22H23BrN4O/c1-25-16-19(23)20(24-25)22(28)27-14-12-26(13-15-27)21(17-8-4-2-5-9-17)18-10-6-3-7-11-18/h2-11,16,21H,12-15H2,1H3. The monoisotopic (exact) mass is 438 g/mol. The van der Waals surface area contributed by atoms with Crippen molar-refractivity contribution in [2.45, 2.75) is 6.04 Å². The van der Waals surface area contributed by atoms with E-state index in [0.717, 1.165) is 17.6 Å². The Balaban J connectivity index is 1.52. The van der Waals surface area contributed by atoms with Gasteiger partial charge in [0, 0.05) is 39.4 Å². The average Bonchev–Trinajstić information content (AvgIpc) is 3.08. The number of rotatable bonds is 4. The number of hydrogen-bond acceptors (Lipinski definition) is 3. The van der Waals surface area contributed by atoms with Crippen molar-refractivity contribution in [3.8, 4) is 0 Å². The zero-order valence-corrected chi connectivity index (χ0v) is 17.4. The molecule has 5 nitrogen and oxygen atoms in total. The lowest BCUT2D eigenvalue weighted by Crippen LogP contribution is -2.50. The van der Waals surface area contributed by atoms with Crippen LogP contribution in [0.5, 0.6) is 0 Å².